The van der Waals surface area contributed by atoms with Gasteiger partial charge < -0.3 is 4.42 Å². The molecule has 45 heavy (non-hydrogen) atoms. The van der Waals surface area contributed by atoms with Gasteiger partial charge >= 0.3 is 0 Å². The molecule has 212 valence electrons. The maximum absolute atomic E-state index is 6.12. The smallest absolute Gasteiger partial charge is 0.227 e. The summed E-state index contributed by atoms with van der Waals surface area (Å²) in [5.41, 5.74) is 11.8. The summed E-state index contributed by atoms with van der Waals surface area (Å²) >= 11 is 0. The summed E-state index contributed by atoms with van der Waals surface area (Å²) in [6.07, 6.45) is 0. The number of benzene rings is 6. The lowest BCUT2D eigenvalue weighted by atomic mass is 10.00. The quantitative estimate of drug-likeness (QED) is 0.197. The molecule has 0 bridgehead atoms. The lowest BCUT2D eigenvalue weighted by molar-refractivity contribution is 0.620. The number of fused-ring (bicyclic) bond motifs is 1. The van der Waals surface area contributed by atoms with Gasteiger partial charge in [-0.1, -0.05) is 140 Å². The van der Waals surface area contributed by atoms with E-state index < -0.39 is 0 Å². The third kappa shape index (κ3) is 5.30. The summed E-state index contributed by atoms with van der Waals surface area (Å²) in [6, 6.07) is 55.7. The lowest BCUT2D eigenvalue weighted by Gasteiger charge is -2.11. The Morgan fingerprint density at radius 1 is 0.356 bits per heavy atom. The van der Waals surface area contributed by atoms with Gasteiger partial charge in [0.25, 0.3) is 0 Å². The molecule has 0 radical (unpaired) electrons. The van der Waals surface area contributed by atoms with Gasteiger partial charge in [-0.15, -0.1) is 0 Å². The Morgan fingerprint density at radius 2 is 0.844 bits per heavy atom. The number of oxazole rings is 1. The highest BCUT2D eigenvalue weighted by Gasteiger charge is 2.14. The molecule has 0 fully saturated rings. The van der Waals surface area contributed by atoms with Crippen LogP contribution >= 0.6 is 0 Å². The van der Waals surface area contributed by atoms with Crippen molar-refractivity contribution in [2.75, 3.05) is 0 Å². The van der Waals surface area contributed by atoms with Gasteiger partial charge in [-0.2, -0.15) is 0 Å². The highest BCUT2D eigenvalue weighted by Crippen LogP contribution is 2.34. The fraction of sp³-hybridized carbons (Fsp3) is 0. The zero-order valence-electron chi connectivity index (χ0n) is 24.3. The largest absolute Gasteiger partial charge is 0.436 e. The van der Waals surface area contributed by atoms with Crippen molar-refractivity contribution in [1.29, 1.82) is 0 Å². The van der Waals surface area contributed by atoms with Crippen molar-refractivity contribution in [2.24, 2.45) is 0 Å². The van der Waals surface area contributed by atoms with Crippen LogP contribution in [0.5, 0.6) is 0 Å². The van der Waals surface area contributed by atoms with Gasteiger partial charge in [-0.25, -0.2) is 15.0 Å². The van der Waals surface area contributed by atoms with Crippen LogP contribution in [0.3, 0.4) is 0 Å². The van der Waals surface area contributed by atoms with Crippen LogP contribution in [-0.2, 0) is 0 Å². The van der Waals surface area contributed by atoms with E-state index in [9.17, 15) is 0 Å². The first kappa shape index (κ1) is 26.5. The molecular weight excluding hydrogens is 550 g/mol. The molecule has 0 N–H and O–H groups in total. The predicted octanol–water partition coefficient (Wildman–Crippen LogP) is 10.6. The van der Waals surface area contributed by atoms with Gasteiger partial charge in [0.05, 0.1) is 11.4 Å². The van der Waals surface area contributed by atoms with Crippen LogP contribution in [0.1, 0.15) is 0 Å². The number of nitrogens with zero attached hydrogens (tertiary/aromatic N) is 3. The van der Waals surface area contributed by atoms with Gasteiger partial charge in [-0.3, -0.25) is 0 Å². The molecule has 8 rings (SSSR count). The van der Waals surface area contributed by atoms with E-state index in [1.807, 2.05) is 78.9 Å². The van der Waals surface area contributed by atoms with Gasteiger partial charge in [0.15, 0.2) is 11.4 Å². The Labute approximate surface area is 261 Å². The molecule has 0 aliphatic carbocycles. The van der Waals surface area contributed by atoms with Crippen LogP contribution in [-0.4, -0.2) is 15.0 Å². The molecule has 8 aromatic rings. The molecule has 0 spiro atoms. The minimum absolute atomic E-state index is 0.619. The maximum atomic E-state index is 6.12. The van der Waals surface area contributed by atoms with E-state index in [-0.39, 0.29) is 0 Å². The first-order valence-corrected chi connectivity index (χ1v) is 14.9. The van der Waals surface area contributed by atoms with E-state index >= 15 is 0 Å². The third-order valence-electron chi connectivity index (χ3n) is 7.98. The van der Waals surface area contributed by atoms with Crippen molar-refractivity contribution in [3.63, 3.8) is 0 Å². The molecule has 0 saturated heterocycles. The summed E-state index contributed by atoms with van der Waals surface area (Å²) in [6.45, 7) is 0. The molecule has 4 nitrogen and oxygen atoms in total. The van der Waals surface area contributed by atoms with Crippen LogP contribution < -0.4 is 0 Å². The topological polar surface area (TPSA) is 51.8 Å². The van der Waals surface area contributed by atoms with Gasteiger partial charge in [0.2, 0.25) is 5.89 Å². The Kier molecular flexibility index (Phi) is 6.78. The summed E-state index contributed by atoms with van der Waals surface area (Å²) < 4.78 is 6.12. The predicted molar refractivity (Wildman–Crippen MR) is 182 cm³/mol. The number of aromatic nitrogens is 3. The highest BCUT2D eigenvalue weighted by molar-refractivity contribution is 5.92. The average molecular weight is 578 g/mol. The van der Waals surface area contributed by atoms with Crippen LogP contribution in [0.15, 0.2) is 168 Å². The van der Waals surface area contributed by atoms with E-state index in [0.29, 0.717) is 11.7 Å². The Hall–Kier alpha value is -6.13. The molecule has 0 unspecified atom stereocenters. The monoisotopic (exact) mass is 577 g/mol. The molecule has 6 aromatic carbocycles. The second-order valence-electron chi connectivity index (χ2n) is 10.9. The number of rotatable bonds is 6. The molecular formula is C41H27N3O. The van der Waals surface area contributed by atoms with Crippen LogP contribution in [0.4, 0.5) is 0 Å². The zero-order valence-corrected chi connectivity index (χ0v) is 24.3. The first-order valence-electron chi connectivity index (χ1n) is 14.9. The number of para-hydroxylation sites is 1. The van der Waals surface area contributed by atoms with Gasteiger partial charge in [-0.05, 0) is 41.0 Å². The minimum Gasteiger partial charge on any atom is -0.436 e. The van der Waals surface area contributed by atoms with Crippen molar-refractivity contribution in [1.82, 2.24) is 15.0 Å². The third-order valence-corrected chi connectivity index (χ3v) is 7.98. The molecule has 0 aliphatic heterocycles. The van der Waals surface area contributed by atoms with Crippen LogP contribution in [0, 0.1) is 0 Å². The Morgan fingerprint density at radius 3 is 1.44 bits per heavy atom. The normalized spacial score (nSPS) is 11.1. The first-order chi connectivity index (χ1) is 22.3. The SMILES string of the molecule is c1ccc(-c2ccc(-c3cc(-c4ccc(-c5cccc6oc(-c7ccccc7)nc56)cc4)nc(-c4ccccc4)n3)cc2)cc1. The number of hydrogen-bond acceptors (Lipinski definition) is 4. The van der Waals surface area contributed by atoms with E-state index in [2.05, 4.69) is 84.9 Å². The van der Waals surface area contributed by atoms with Crippen molar-refractivity contribution in [3.8, 4) is 67.6 Å². The fourth-order valence-electron chi connectivity index (χ4n) is 5.63. The van der Waals surface area contributed by atoms with E-state index in [1.54, 1.807) is 0 Å². The van der Waals surface area contributed by atoms with Crippen molar-refractivity contribution >= 4 is 11.1 Å². The Bertz CT molecular complexity index is 2220. The number of hydrogen-bond donors (Lipinski definition) is 0. The molecule has 0 atom stereocenters. The molecule has 0 amide bonds. The zero-order chi connectivity index (χ0) is 30.0. The van der Waals surface area contributed by atoms with Gasteiger partial charge in [0.1, 0.15) is 5.52 Å². The maximum Gasteiger partial charge on any atom is 0.227 e. The minimum atomic E-state index is 0.619. The van der Waals surface area contributed by atoms with E-state index in [4.69, 9.17) is 19.4 Å². The Balaban J connectivity index is 1.17. The summed E-state index contributed by atoms with van der Waals surface area (Å²) in [7, 11) is 0. The summed E-state index contributed by atoms with van der Waals surface area (Å²) in [4.78, 5) is 14.9. The van der Waals surface area contributed by atoms with Gasteiger partial charge in [0, 0.05) is 27.8 Å². The van der Waals surface area contributed by atoms with Crippen molar-refractivity contribution in [2.45, 2.75) is 0 Å². The highest BCUT2D eigenvalue weighted by atomic mass is 16.3. The van der Waals surface area contributed by atoms with E-state index in [0.717, 1.165) is 55.9 Å². The molecule has 2 heterocycles. The molecule has 0 saturated carbocycles. The van der Waals surface area contributed by atoms with E-state index in [1.165, 1.54) is 11.1 Å². The summed E-state index contributed by atoms with van der Waals surface area (Å²) in [5, 5.41) is 0. The van der Waals surface area contributed by atoms with Crippen LogP contribution in [0.25, 0.3) is 78.7 Å². The van der Waals surface area contributed by atoms with Crippen LogP contribution in [0.2, 0.25) is 0 Å². The lowest BCUT2D eigenvalue weighted by Crippen LogP contribution is -1.96. The second kappa shape index (κ2) is 11.5. The molecule has 2 aromatic heterocycles. The van der Waals surface area contributed by atoms with Crippen molar-refractivity contribution in [3.05, 3.63) is 164 Å². The average Bonchev–Trinajstić information content (AvgIpc) is 3.58. The fourth-order valence-corrected chi connectivity index (χ4v) is 5.63. The molecule has 0 aliphatic rings. The van der Waals surface area contributed by atoms with Crippen molar-refractivity contribution < 1.29 is 4.42 Å². The summed E-state index contributed by atoms with van der Waals surface area (Å²) in [5.74, 6) is 1.31. The standard InChI is InChI=1S/C41H27N3O/c1-4-11-28(12-5-1)29-19-23-31(24-20-29)36-27-37(43-40(42-36)33-13-6-2-7-14-33)32-25-21-30(22-26-32)35-17-10-18-38-39(35)44-41(45-38)34-15-8-3-9-16-34/h1-27H. The molecule has 4 heteroatoms. The second-order valence-corrected chi connectivity index (χ2v) is 10.9.